The van der Waals surface area contributed by atoms with Crippen molar-refractivity contribution in [1.82, 2.24) is 14.8 Å². The van der Waals surface area contributed by atoms with Crippen molar-refractivity contribution in [3.63, 3.8) is 0 Å². The number of aromatic nitrogens is 3. The van der Waals surface area contributed by atoms with Crippen LogP contribution in [-0.2, 0) is 11.8 Å². The number of carboxylic acid groups (broad SMARTS) is 1. The van der Waals surface area contributed by atoms with E-state index in [9.17, 15) is 4.79 Å². The van der Waals surface area contributed by atoms with Gasteiger partial charge < -0.3 is 5.11 Å². The first-order valence-electron chi connectivity index (χ1n) is 5.49. The van der Waals surface area contributed by atoms with E-state index in [1.165, 1.54) is 0 Å². The topological polar surface area (TPSA) is 68.0 Å². The Morgan fingerprint density at radius 1 is 1.53 bits per heavy atom. The van der Waals surface area contributed by atoms with Gasteiger partial charge in [0.25, 0.3) is 0 Å². The summed E-state index contributed by atoms with van der Waals surface area (Å²) in [5.74, 6) is -0.277. The second kappa shape index (κ2) is 5.75. The maximum absolute atomic E-state index is 10.6. The number of rotatable bonds is 4. The SMILES string of the molecule is Cc1cc(Br)ccc1-c1nc(SCC(=O)O)n(C)n1. The third kappa shape index (κ3) is 3.36. The van der Waals surface area contributed by atoms with Crippen molar-refractivity contribution in [3.05, 3.63) is 28.2 Å². The molecule has 0 fully saturated rings. The van der Waals surface area contributed by atoms with E-state index >= 15 is 0 Å². The number of nitrogens with zero attached hydrogens (tertiary/aromatic N) is 3. The molecule has 0 aliphatic carbocycles. The Morgan fingerprint density at radius 2 is 2.26 bits per heavy atom. The van der Waals surface area contributed by atoms with E-state index in [1.807, 2.05) is 25.1 Å². The fourth-order valence-corrected chi connectivity index (χ4v) is 2.72. The Hall–Kier alpha value is -1.34. The molecule has 19 heavy (non-hydrogen) atoms. The van der Waals surface area contributed by atoms with E-state index in [-0.39, 0.29) is 5.75 Å². The number of hydrogen-bond donors (Lipinski definition) is 1. The molecular formula is C12H12BrN3O2S. The monoisotopic (exact) mass is 341 g/mol. The van der Waals surface area contributed by atoms with Crippen LogP contribution in [0.3, 0.4) is 0 Å². The molecule has 1 heterocycles. The highest BCUT2D eigenvalue weighted by Crippen LogP contribution is 2.25. The van der Waals surface area contributed by atoms with Crippen LogP contribution < -0.4 is 0 Å². The molecule has 2 aromatic rings. The minimum Gasteiger partial charge on any atom is -0.481 e. The van der Waals surface area contributed by atoms with Gasteiger partial charge in [0.1, 0.15) is 0 Å². The van der Waals surface area contributed by atoms with Gasteiger partial charge in [0.15, 0.2) is 11.0 Å². The van der Waals surface area contributed by atoms with Gasteiger partial charge in [-0.15, -0.1) is 0 Å². The lowest BCUT2D eigenvalue weighted by atomic mass is 10.1. The molecule has 7 heteroatoms. The van der Waals surface area contributed by atoms with Crippen LogP contribution in [0.4, 0.5) is 0 Å². The molecule has 0 aliphatic heterocycles. The van der Waals surface area contributed by atoms with Gasteiger partial charge in [0.2, 0.25) is 0 Å². The number of carboxylic acids is 1. The predicted molar refractivity (Wildman–Crippen MR) is 77.2 cm³/mol. The van der Waals surface area contributed by atoms with Crippen molar-refractivity contribution in [1.29, 1.82) is 0 Å². The molecule has 1 aromatic heterocycles. The molecule has 0 saturated carbocycles. The van der Waals surface area contributed by atoms with E-state index in [1.54, 1.807) is 11.7 Å². The molecule has 0 unspecified atom stereocenters. The van der Waals surface area contributed by atoms with Crippen LogP contribution in [0.25, 0.3) is 11.4 Å². The van der Waals surface area contributed by atoms with Gasteiger partial charge in [0, 0.05) is 17.1 Å². The van der Waals surface area contributed by atoms with Gasteiger partial charge in [-0.2, -0.15) is 5.10 Å². The van der Waals surface area contributed by atoms with Gasteiger partial charge in [-0.05, 0) is 30.7 Å². The Kier molecular flexibility index (Phi) is 4.26. The maximum Gasteiger partial charge on any atom is 0.313 e. The van der Waals surface area contributed by atoms with Crippen LogP contribution in [-0.4, -0.2) is 31.6 Å². The zero-order valence-electron chi connectivity index (χ0n) is 10.4. The Balaban J connectivity index is 2.31. The summed E-state index contributed by atoms with van der Waals surface area (Å²) < 4.78 is 2.61. The lowest BCUT2D eigenvalue weighted by Crippen LogP contribution is -2.00. The van der Waals surface area contributed by atoms with E-state index in [2.05, 4.69) is 26.0 Å². The number of benzene rings is 1. The number of aryl methyl sites for hydroxylation is 2. The third-order valence-corrected chi connectivity index (χ3v) is 3.98. The average molecular weight is 342 g/mol. The molecule has 0 radical (unpaired) electrons. The molecular weight excluding hydrogens is 330 g/mol. The summed E-state index contributed by atoms with van der Waals surface area (Å²) in [6.45, 7) is 1.99. The number of halogens is 1. The van der Waals surface area contributed by atoms with E-state index in [0.717, 1.165) is 27.4 Å². The van der Waals surface area contributed by atoms with Crippen molar-refractivity contribution in [3.8, 4) is 11.4 Å². The van der Waals surface area contributed by atoms with Gasteiger partial charge >= 0.3 is 5.97 Å². The summed E-state index contributed by atoms with van der Waals surface area (Å²) in [6, 6.07) is 5.87. The van der Waals surface area contributed by atoms with Crippen molar-refractivity contribution < 1.29 is 9.90 Å². The lowest BCUT2D eigenvalue weighted by Gasteiger charge is -2.01. The Bertz CT molecular complexity index is 627. The van der Waals surface area contributed by atoms with Crippen LogP contribution in [0.2, 0.25) is 0 Å². The second-order valence-corrected chi connectivity index (χ2v) is 5.84. The Morgan fingerprint density at radius 3 is 2.89 bits per heavy atom. The van der Waals surface area contributed by atoms with Gasteiger partial charge in [-0.3, -0.25) is 4.79 Å². The van der Waals surface area contributed by atoms with Crippen LogP contribution in [0, 0.1) is 6.92 Å². The van der Waals surface area contributed by atoms with Gasteiger partial charge in [-0.25, -0.2) is 9.67 Å². The molecule has 1 aromatic carbocycles. The average Bonchev–Trinajstić information content (AvgIpc) is 2.67. The van der Waals surface area contributed by atoms with Crippen molar-refractivity contribution in [2.24, 2.45) is 7.05 Å². The standard InChI is InChI=1S/C12H12BrN3O2S/c1-7-5-8(13)3-4-9(7)11-14-12(16(2)15-11)19-6-10(17)18/h3-5H,6H2,1-2H3,(H,17,18). The summed E-state index contributed by atoms with van der Waals surface area (Å²) in [7, 11) is 1.76. The smallest absolute Gasteiger partial charge is 0.313 e. The largest absolute Gasteiger partial charge is 0.481 e. The molecule has 0 amide bonds. The van der Waals surface area contributed by atoms with Crippen molar-refractivity contribution in [2.45, 2.75) is 12.1 Å². The van der Waals surface area contributed by atoms with Gasteiger partial charge in [-0.1, -0.05) is 27.7 Å². The maximum atomic E-state index is 10.6. The minimum absolute atomic E-state index is 0.0225. The first kappa shape index (κ1) is 14.1. The fourth-order valence-electron chi connectivity index (χ4n) is 1.61. The first-order chi connectivity index (χ1) is 8.97. The molecule has 0 aliphatic rings. The highest BCUT2D eigenvalue weighted by molar-refractivity contribution is 9.10. The normalized spacial score (nSPS) is 10.7. The summed E-state index contributed by atoms with van der Waals surface area (Å²) >= 11 is 4.57. The molecule has 5 nitrogen and oxygen atoms in total. The molecule has 0 saturated heterocycles. The lowest BCUT2D eigenvalue weighted by molar-refractivity contribution is -0.133. The number of hydrogen-bond acceptors (Lipinski definition) is 4. The number of aliphatic carboxylic acids is 1. The van der Waals surface area contributed by atoms with Crippen LogP contribution >= 0.6 is 27.7 Å². The third-order valence-electron chi connectivity index (χ3n) is 2.48. The number of thioether (sulfide) groups is 1. The predicted octanol–water partition coefficient (Wildman–Crippen LogP) is 2.73. The van der Waals surface area contributed by atoms with Crippen molar-refractivity contribution in [2.75, 3.05) is 5.75 Å². The van der Waals surface area contributed by atoms with Crippen LogP contribution in [0.5, 0.6) is 0 Å². The number of carbonyl (C=O) groups is 1. The molecule has 0 bridgehead atoms. The summed E-state index contributed by atoms with van der Waals surface area (Å²) in [6.07, 6.45) is 0. The molecule has 0 spiro atoms. The molecule has 0 atom stereocenters. The molecule has 1 N–H and O–H groups in total. The molecule has 100 valence electrons. The molecule has 2 rings (SSSR count). The van der Waals surface area contributed by atoms with E-state index < -0.39 is 5.97 Å². The minimum atomic E-state index is -0.866. The first-order valence-corrected chi connectivity index (χ1v) is 7.27. The summed E-state index contributed by atoms with van der Waals surface area (Å²) in [5.41, 5.74) is 2.01. The highest BCUT2D eigenvalue weighted by Gasteiger charge is 2.12. The highest BCUT2D eigenvalue weighted by atomic mass is 79.9. The van der Waals surface area contributed by atoms with Gasteiger partial charge in [0.05, 0.1) is 5.75 Å². The Labute approximate surface area is 123 Å². The fraction of sp³-hybridized carbons (Fsp3) is 0.250. The summed E-state index contributed by atoms with van der Waals surface area (Å²) in [4.78, 5) is 14.9. The zero-order chi connectivity index (χ0) is 14.0. The van der Waals surface area contributed by atoms with Crippen LogP contribution in [0.15, 0.2) is 27.8 Å². The zero-order valence-corrected chi connectivity index (χ0v) is 12.8. The van der Waals surface area contributed by atoms with Crippen LogP contribution in [0.1, 0.15) is 5.56 Å². The quantitative estimate of drug-likeness (QED) is 0.866. The second-order valence-electron chi connectivity index (χ2n) is 3.98. The van der Waals surface area contributed by atoms with E-state index in [0.29, 0.717) is 11.0 Å². The van der Waals surface area contributed by atoms with E-state index in [4.69, 9.17) is 5.11 Å². The van der Waals surface area contributed by atoms with Crippen molar-refractivity contribution >= 4 is 33.7 Å². The summed E-state index contributed by atoms with van der Waals surface area (Å²) in [5, 5.41) is 13.6.